The van der Waals surface area contributed by atoms with Crippen LogP contribution in [0.4, 0.5) is 0 Å². The zero-order valence-corrected chi connectivity index (χ0v) is 11.3. The van der Waals surface area contributed by atoms with Gasteiger partial charge in [-0.05, 0) is 12.8 Å². The Kier molecular flexibility index (Phi) is 2.23. The molecule has 19 heavy (non-hydrogen) atoms. The van der Waals surface area contributed by atoms with Crippen molar-refractivity contribution in [3.05, 3.63) is 10.7 Å². The molecule has 0 amide bonds. The minimum absolute atomic E-state index is 0.110. The number of halogens is 1. The molecule has 1 aliphatic carbocycles. The minimum Gasteiger partial charge on any atom is -0.453 e. The lowest BCUT2D eigenvalue weighted by molar-refractivity contribution is -0.0934. The zero-order valence-electron chi connectivity index (χ0n) is 10.5. The molecule has 3 aliphatic rings. The Labute approximate surface area is 116 Å². The number of hydrogen-bond acceptors (Lipinski definition) is 5. The molecule has 1 saturated carbocycles. The first-order valence-electron chi connectivity index (χ1n) is 6.25. The molecule has 0 unspecified atom stereocenters. The zero-order chi connectivity index (χ0) is 13.9. The van der Waals surface area contributed by atoms with Crippen LogP contribution in [0.2, 0.25) is 0 Å². The summed E-state index contributed by atoms with van der Waals surface area (Å²) in [5, 5.41) is 30.4. The summed E-state index contributed by atoms with van der Waals surface area (Å²) in [6, 6.07) is 4.17. The van der Waals surface area contributed by atoms with E-state index in [2.05, 4.69) is 11.4 Å². The number of ether oxygens (including phenoxy) is 1. The van der Waals surface area contributed by atoms with Gasteiger partial charge in [-0.1, -0.05) is 24.9 Å². The molecule has 0 aromatic rings. The number of nitrogens with zero attached hydrogens (tertiary/aromatic N) is 2. The van der Waals surface area contributed by atoms with Crippen LogP contribution in [0.25, 0.3) is 0 Å². The predicted octanol–water partition coefficient (Wildman–Crippen LogP) is 2.36. The third-order valence-corrected chi connectivity index (χ3v) is 5.26. The van der Waals surface area contributed by atoms with Crippen molar-refractivity contribution in [1.82, 2.24) is 5.32 Å². The fraction of sp³-hybridized carbons (Fsp3) is 0.615. The summed E-state index contributed by atoms with van der Waals surface area (Å²) in [4.78, 5) is 0. The Morgan fingerprint density at radius 3 is 2.68 bits per heavy atom. The van der Waals surface area contributed by atoms with Crippen molar-refractivity contribution >= 4 is 17.5 Å². The van der Waals surface area contributed by atoms with Gasteiger partial charge in [0.25, 0.3) is 0 Å². The first-order valence-corrected chi connectivity index (χ1v) is 6.63. The molecule has 2 N–H and O–H groups in total. The van der Waals surface area contributed by atoms with Gasteiger partial charge >= 0.3 is 0 Å². The van der Waals surface area contributed by atoms with Gasteiger partial charge in [-0.2, -0.15) is 10.5 Å². The van der Waals surface area contributed by atoms with Gasteiger partial charge in [0.2, 0.25) is 5.90 Å². The number of hydrogen-bond donors (Lipinski definition) is 2. The average molecular weight is 277 g/mol. The maximum Gasteiger partial charge on any atom is 0.210 e. The van der Waals surface area contributed by atoms with Gasteiger partial charge in [-0.25, -0.2) is 0 Å². The highest BCUT2D eigenvalue weighted by atomic mass is 35.5. The second-order valence-corrected chi connectivity index (χ2v) is 5.96. The van der Waals surface area contributed by atoms with Crippen molar-refractivity contribution < 1.29 is 4.74 Å². The highest BCUT2D eigenvalue weighted by Crippen LogP contribution is 2.66. The van der Waals surface area contributed by atoms with Crippen molar-refractivity contribution in [2.24, 2.45) is 10.8 Å². The summed E-state index contributed by atoms with van der Waals surface area (Å²) in [6.45, 7) is 1.92. The Bertz CT molecular complexity index is 601. The fourth-order valence-corrected chi connectivity index (χ4v) is 4.21. The number of rotatable bonds is 0. The SMILES string of the molecule is C[C@]12CCCC[C@@]13NC(Cl)=C(C#N)[C@@]2(C#N)C(=N)O3. The number of nitrogens with one attached hydrogen (secondary N) is 2. The number of nitriles is 2. The van der Waals surface area contributed by atoms with Crippen LogP contribution in [0.5, 0.6) is 0 Å². The van der Waals surface area contributed by atoms with Gasteiger partial charge in [0, 0.05) is 6.42 Å². The molecule has 3 rings (SSSR count). The standard InChI is InChI=1S/C13H13ClN4O/c1-11-4-2-3-5-13(11)18-9(14)8(6-15)12(11,7-16)10(17)19-13/h17-18H,2-5H2,1H3/t11-,12+,13+/m1/s1. The lowest BCUT2D eigenvalue weighted by Gasteiger charge is -2.51. The van der Waals surface area contributed by atoms with Crippen LogP contribution >= 0.6 is 11.6 Å². The molecule has 1 saturated heterocycles. The van der Waals surface area contributed by atoms with Gasteiger partial charge in [0.15, 0.2) is 11.1 Å². The molecule has 2 aliphatic heterocycles. The molecule has 0 aromatic carbocycles. The average Bonchev–Trinajstić information content (AvgIpc) is 2.50. The molecule has 3 atom stereocenters. The van der Waals surface area contributed by atoms with E-state index >= 15 is 0 Å². The summed E-state index contributed by atoms with van der Waals surface area (Å²) in [6.07, 6.45) is 3.31. The van der Waals surface area contributed by atoms with Crippen LogP contribution in [0.15, 0.2) is 10.7 Å². The predicted molar refractivity (Wildman–Crippen MR) is 67.8 cm³/mol. The lowest BCUT2D eigenvalue weighted by Crippen LogP contribution is -2.63. The largest absolute Gasteiger partial charge is 0.453 e. The lowest BCUT2D eigenvalue weighted by atomic mass is 9.52. The van der Waals surface area contributed by atoms with Crippen LogP contribution < -0.4 is 5.32 Å². The Morgan fingerprint density at radius 2 is 2.05 bits per heavy atom. The van der Waals surface area contributed by atoms with Crippen molar-refractivity contribution in [2.45, 2.75) is 38.3 Å². The van der Waals surface area contributed by atoms with Crippen LogP contribution in [0.1, 0.15) is 32.6 Å². The molecule has 0 radical (unpaired) electrons. The van der Waals surface area contributed by atoms with Crippen LogP contribution in [0, 0.1) is 38.9 Å². The molecular formula is C13H13ClN4O. The fourth-order valence-electron chi connectivity index (χ4n) is 3.87. The van der Waals surface area contributed by atoms with Gasteiger partial charge in [0.1, 0.15) is 11.2 Å². The van der Waals surface area contributed by atoms with E-state index in [1.165, 1.54) is 0 Å². The third kappa shape index (κ3) is 1.05. The van der Waals surface area contributed by atoms with E-state index in [4.69, 9.17) is 21.7 Å². The topological polar surface area (TPSA) is 92.7 Å². The monoisotopic (exact) mass is 276 g/mol. The summed E-state index contributed by atoms with van der Waals surface area (Å²) in [5.74, 6) is -0.154. The van der Waals surface area contributed by atoms with Crippen molar-refractivity contribution in [3.8, 4) is 12.1 Å². The second kappa shape index (κ2) is 3.43. The normalized spacial score (nSPS) is 43.7. The molecular weight excluding hydrogens is 264 g/mol. The van der Waals surface area contributed by atoms with Gasteiger partial charge in [-0.15, -0.1) is 0 Å². The molecule has 0 spiro atoms. The van der Waals surface area contributed by atoms with Crippen molar-refractivity contribution in [1.29, 1.82) is 15.9 Å². The third-order valence-electron chi connectivity index (χ3n) is 4.98. The van der Waals surface area contributed by atoms with Crippen molar-refractivity contribution in [3.63, 3.8) is 0 Å². The smallest absolute Gasteiger partial charge is 0.210 e. The molecule has 2 bridgehead atoms. The molecule has 0 aromatic heterocycles. The van der Waals surface area contributed by atoms with E-state index in [-0.39, 0.29) is 16.6 Å². The van der Waals surface area contributed by atoms with E-state index in [0.29, 0.717) is 6.42 Å². The Balaban J connectivity index is 2.37. The summed E-state index contributed by atoms with van der Waals surface area (Å²) >= 11 is 6.14. The molecule has 6 heteroatoms. The minimum atomic E-state index is -1.36. The molecule has 5 nitrogen and oxygen atoms in total. The van der Waals surface area contributed by atoms with Gasteiger partial charge < -0.3 is 10.1 Å². The second-order valence-electron chi connectivity index (χ2n) is 5.59. The van der Waals surface area contributed by atoms with Crippen LogP contribution in [-0.2, 0) is 4.74 Å². The maximum absolute atomic E-state index is 9.72. The van der Waals surface area contributed by atoms with E-state index in [1.807, 2.05) is 13.0 Å². The summed E-state index contributed by atoms with van der Waals surface area (Å²) in [5.41, 5.74) is -2.70. The highest BCUT2D eigenvalue weighted by molar-refractivity contribution is 6.30. The van der Waals surface area contributed by atoms with Crippen molar-refractivity contribution in [2.75, 3.05) is 0 Å². The molecule has 2 fully saturated rings. The quantitative estimate of drug-likeness (QED) is 0.664. The summed E-state index contributed by atoms with van der Waals surface area (Å²) in [7, 11) is 0. The van der Waals surface area contributed by atoms with Gasteiger partial charge in [0.05, 0.1) is 17.1 Å². The maximum atomic E-state index is 9.72. The van der Waals surface area contributed by atoms with Crippen LogP contribution in [-0.4, -0.2) is 11.6 Å². The first-order chi connectivity index (χ1) is 8.97. The highest BCUT2D eigenvalue weighted by Gasteiger charge is 2.76. The van der Waals surface area contributed by atoms with E-state index in [9.17, 15) is 10.5 Å². The first kappa shape index (κ1) is 12.3. The van der Waals surface area contributed by atoms with E-state index in [1.54, 1.807) is 0 Å². The summed E-state index contributed by atoms with van der Waals surface area (Å²) < 4.78 is 5.75. The molecule has 2 heterocycles. The van der Waals surface area contributed by atoms with E-state index < -0.39 is 16.6 Å². The Morgan fingerprint density at radius 1 is 1.37 bits per heavy atom. The van der Waals surface area contributed by atoms with Crippen LogP contribution in [0.3, 0.4) is 0 Å². The van der Waals surface area contributed by atoms with E-state index in [0.717, 1.165) is 19.3 Å². The van der Waals surface area contributed by atoms with Gasteiger partial charge in [-0.3, -0.25) is 5.41 Å². The Hall–Kier alpha value is -1.72. The molecule has 98 valence electrons.